The molecule has 0 saturated heterocycles. The second-order valence-electron chi connectivity index (χ2n) is 7.58. The van der Waals surface area contributed by atoms with Crippen LogP contribution >= 0.6 is 11.3 Å². The van der Waals surface area contributed by atoms with E-state index in [1.165, 1.54) is 16.9 Å². The zero-order chi connectivity index (χ0) is 21.8. The number of aryl methyl sites for hydroxylation is 3. The minimum absolute atomic E-state index is 0.0338. The number of amides is 1. The number of aromatic nitrogens is 2. The van der Waals surface area contributed by atoms with Crippen LogP contribution < -0.4 is 20.3 Å². The van der Waals surface area contributed by atoms with Crippen molar-refractivity contribution in [2.75, 3.05) is 13.7 Å². The van der Waals surface area contributed by atoms with Crippen molar-refractivity contribution < 1.29 is 14.3 Å². The highest BCUT2D eigenvalue weighted by molar-refractivity contribution is 7.18. The van der Waals surface area contributed by atoms with Gasteiger partial charge in [-0.05, 0) is 55.9 Å². The first-order valence-corrected chi connectivity index (χ1v) is 11.5. The third kappa shape index (κ3) is 4.58. The smallest absolute Gasteiger partial charge is 0.262 e. The lowest BCUT2D eigenvalue weighted by molar-refractivity contribution is -0.121. The van der Waals surface area contributed by atoms with Gasteiger partial charge in [-0.25, -0.2) is 4.98 Å². The van der Waals surface area contributed by atoms with Crippen molar-refractivity contribution >= 4 is 27.5 Å². The van der Waals surface area contributed by atoms with Gasteiger partial charge < -0.3 is 14.8 Å². The lowest BCUT2D eigenvalue weighted by atomic mass is 9.97. The van der Waals surface area contributed by atoms with E-state index in [1.807, 2.05) is 25.1 Å². The minimum atomic E-state index is -0.118. The predicted octanol–water partition coefficient (Wildman–Crippen LogP) is 3.45. The molecule has 164 valence electrons. The fraction of sp³-hybridized carbons (Fsp3) is 0.435. The molecule has 0 atom stereocenters. The Balaban J connectivity index is 1.38. The summed E-state index contributed by atoms with van der Waals surface area (Å²) >= 11 is 1.64. The Hall–Kier alpha value is -2.87. The first-order valence-electron chi connectivity index (χ1n) is 10.7. The maximum absolute atomic E-state index is 13.0. The van der Waals surface area contributed by atoms with Crippen molar-refractivity contribution in [3.05, 3.63) is 50.9 Å². The topological polar surface area (TPSA) is 82.5 Å². The van der Waals surface area contributed by atoms with E-state index < -0.39 is 0 Å². The molecule has 8 heteroatoms. The van der Waals surface area contributed by atoms with Crippen molar-refractivity contribution in [3.63, 3.8) is 0 Å². The molecule has 1 aliphatic carbocycles. The van der Waals surface area contributed by atoms with Crippen LogP contribution in [0.2, 0.25) is 0 Å². The van der Waals surface area contributed by atoms with E-state index in [4.69, 9.17) is 9.47 Å². The minimum Gasteiger partial charge on any atom is -0.493 e. The van der Waals surface area contributed by atoms with E-state index >= 15 is 0 Å². The predicted molar refractivity (Wildman–Crippen MR) is 121 cm³/mol. The number of methoxy groups -OCH3 is 1. The van der Waals surface area contributed by atoms with E-state index in [0.29, 0.717) is 31.2 Å². The summed E-state index contributed by atoms with van der Waals surface area (Å²) in [6, 6.07) is 5.59. The molecular formula is C23H27N3O4S. The lowest BCUT2D eigenvalue weighted by Crippen LogP contribution is -2.27. The average Bonchev–Trinajstić information content (AvgIpc) is 3.17. The van der Waals surface area contributed by atoms with Crippen LogP contribution in [-0.4, -0.2) is 29.2 Å². The van der Waals surface area contributed by atoms with Gasteiger partial charge in [-0.15, -0.1) is 11.3 Å². The highest BCUT2D eigenvalue weighted by Gasteiger charge is 2.20. The van der Waals surface area contributed by atoms with Gasteiger partial charge in [-0.1, -0.05) is 6.07 Å². The number of nitrogens with one attached hydrogen (secondary N) is 1. The Bertz CT molecular complexity index is 1150. The molecular weight excluding hydrogens is 414 g/mol. The SMILES string of the molecule is CCOc1ccc(CNC(=O)CCn2cnc3sc4c(c3c2=O)CCCC4)cc1OC. The molecule has 2 aromatic heterocycles. The lowest BCUT2D eigenvalue weighted by Gasteiger charge is -2.12. The number of hydrogen-bond acceptors (Lipinski definition) is 6. The summed E-state index contributed by atoms with van der Waals surface area (Å²) in [5.41, 5.74) is 2.05. The number of thiophene rings is 1. The molecule has 1 N–H and O–H groups in total. The van der Waals surface area contributed by atoms with Crippen molar-refractivity contribution in [1.82, 2.24) is 14.9 Å². The fourth-order valence-corrected chi connectivity index (χ4v) is 5.17. The maximum atomic E-state index is 13.0. The van der Waals surface area contributed by atoms with E-state index in [1.54, 1.807) is 29.3 Å². The molecule has 0 spiro atoms. The average molecular weight is 442 g/mol. The summed E-state index contributed by atoms with van der Waals surface area (Å²) < 4.78 is 12.4. The van der Waals surface area contributed by atoms with Crippen LogP contribution in [-0.2, 0) is 30.7 Å². The van der Waals surface area contributed by atoms with Gasteiger partial charge >= 0.3 is 0 Å². The van der Waals surface area contributed by atoms with Gasteiger partial charge in [0, 0.05) is 24.4 Å². The van der Waals surface area contributed by atoms with Crippen LogP contribution in [0.3, 0.4) is 0 Å². The van der Waals surface area contributed by atoms with Crippen LogP contribution in [0.15, 0.2) is 29.3 Å². The molecule has 0 bridgehead atoms. The maximum Gasteiger partial charge on any atom is 0.262 e. The second kappa shape index (κ2) is 9.51. The van der Waals surface area contributed by atoms with Crippen LogP contribution in [0.5, 0.6) is 11.5 Å². The first kappa shape index (κ1) is 21.4. The van der Waals surface area contributed by atoms with Gasteiger partial charge in [-0.3, -0.25) is 14.2 Å². The van der Waals surface area contributed by atoms with Crippen LogP contribution in [0, 0.1) is 0 Å². The summed E-state index contributed by atoms with van der Waals surface area (Å²) in [5, 5.41) is 3.66. The molecule has 0 fully saturated rings. The Morgan fingerprint density at radius 3 is 2.90 bits per heavy atom. The van der Waals surface area contributed by atoms with Crippen molar-refractivity contribution in [1.29, 1.82) is 0 Å². The summed E-state index contributed by atoms with van der Waals surface area (Å²) in [6.07, 6.45) is 6.06. The molecule has 2 heterocycles. The van der Waals surface area contributed by atoms with Gasteiger partial charge in [0.15, 0.2) is 11.5 Å². The highest BCUT2D eigenvalue weighted by Crippen LogP contribution is 2.33. The highest BCUT2D eigenvalue weighted by atomic mass is 32.1. The molecule has 0 saturated carbocycles. The molecule has 1 aromatic carbocycles. The monoisotopic (exact) mass is 441 g/mol. The number of nitrogens with zero attached hydrogens (tertiary/aromatic N) is 2. The first-order chi connectivity index (χ1) is 15.1. The number of ether oxygens (including phenoxy) is 2. The van der Waals surface area contributed by atoms with Gasteiger partial charge in [0.2, 0.25) is 5.91 Å². The molecule has 0 unspecified atom stereocenters. The third-order valence-corrected chi connectivity index (χ3v) is 6.74. The van der Waals surface area contributed by atoms with E-state index in [2.05, 4.69) is 10.3 Å². The largest absolute Gasteiger partial charge is 0.493 e. The number of hydrogen-bond donors (Lipinski definition) is 1. The Labute approximate surface area is 185 Å². The zero-order valence-electron chi connectivity index (χ0n) is 17.9. The summed E-state index contributed by atoms with van der Waals surface area (Å²) in [6.45, 7) is 3.16. The number of carbonyl (C=O) groups is 1. The Kier molecular flexibility index (Phi) is 6.56. The number of fused-ring (bicyclic) bond motifs is 3. The molecule has 1 aliphatic rings. The quantitative estimate of drug-likeness (QED) is 0.579. The Morgan fingerprint density at radius 2 is 2.10 bits per heavy atom. The molecule has 0 radical (unpaired) electrons. The van der Waals surface area contributed by atoms with E-state index in [0.717, 1.165) is 35.0 Å². The van der Waals surface area contributed by atoms with Crippen molar-refractivity contribution in [2.45, 2.75) is 52.1 Å². The summed E-state index contributed by atoms with van der Waals surface area (Å²) in [7, 11) is 1.59. The Morgan fingerprint density at radius 1 is 1.26 bits per heavy atom. The summed E-state index contributed by atoms with van der Waals surface area (Å²) in [4.78, 5) is 32.0. The van der Waals surface area contributed by atoms with Gasteiger partial charge in [-0.2, -0.15) is 0 Å². The van der Waals surface area contributed by atoms with Gasteiger partial charge in [0.05, 0.1) is 25.4 Å². The molecule has 0 aliphatic heterocycles. The molecule has 7 nitrogen and oxygen atoms in total. The normalized spacial score (nSPS) is 13.1. The fourth-order valence-electron chi connectivity index (χ4n) is 3.95. The second-order valence-corrected chi connectivity index (χ2v) is 8.66. The zero-order valence-corrected chi connectivity index (χ0v) is 18.7. The molecule has 3 aromatic rings. The van der Waals surface area contributed by atoms with Gasteiger partial charge in [0.1, 0.15) is 4.83 Å². The van der Waals surface area contributed by atoms with Crippen molar-refractivity contribution in [2.24, 2.45) is 0 Å². The van der Waals surface area contributed by atoms with Gasteiger partial charge in [0.25, 0.3) is 5.56 Å². The van der Waals surface area contributed by atoms with Crippen LogP contribution in [0.25, 0.3) is 10.2 Å². The molecule has 4 rings (SSSR count). The van der Waals surface area contributed by atoms with Crippen LogP contribution in [0.1, 0.15) is 42.2 Å². The van der Waals surface area contributed by atoms with Crippen molar-refractivity contribution in [3.8, 4) is 11.5 Å². The summed E-state index contributed by atoms with van der Waals surface area (Å²) in [5.74, 6) is 1.20. The number of benzene rings is 1. The van der Waals surface area contributed by atoms with E-state index in [9.17, 15) is 9.59 Å². The third-order valence-electron chi connectivity index (χ3n) is 5.54. The molecule has 31 heavy (non-hydrogen) atoms. The molecule has 1 amide bonds. The van der Waals surface area contributed by atoms with Crippen LogP contribution in [0.4, 0.5) is 0 Å². The number of carbonyl (C=O) groups excluding carboxylic acids is 1. The van der Waals surface area contributed by atoms with E-state index in [-0.39, 0.29) is 17.9 Å². The standard InChI is InChI=1S/C23H27N3O4S/c1-3-30-17-9-8-15(12-18(17)29-2)13-24-20(27)10-11-26-14-25-22-21(23(26)28)16-6-4-5-7-19(16)31-22/h8-9,12,14H,3-7,10-11,13H2,1-2H3,(H,24,27). The number of rotatable bonds is 8.